The molecule has 0 bridgehead atoms. The third-order valence-electron chi connectivity index (χ3n) is 3.77. The van der Waals surface area contributed by atoms with Crippen LogP contribution in [0.2, 0.25) is 0 Å². The third kappa shape index (κ3) is 2.17. The minimum atomic E-state index is -0.358. The average Bonchev–Trinajstić information content (AvgIpc) is 2.81. The van der Waals surface area contributed by atoms with E-state index in [0.717, 1.165) is 27.0 Å². The summed E-state index contributed by atoms with van der Waals surface area (Å²) >= 11 is 0.950. The Balaban J connectivity index is 1.73. The molecular formula is C18H11NO3S. The summed E-state index contributed by atoms with van der Waals surface area (Å²) in [7, 11) is 0. The molecular weight excluding hydrogens is 310 g/mol. The summed E-state index contributed by atoms with van der Waals surface area (Å²) in [6, 6.07) is 17.7. The summed E-state index contributed by atoms with van der Waals surface area (Å²) in [5, 5.41) is 12.0. The van der Waals surface area contributed by atoms with Crippen LogP contribution in [0.5, 0.6) is 5.75 Å². The van der Waals surface area contributed by atoms with E-state index in [1.807, 2.05) is 24.3 Å². The zero-order chi connectivity index (χ0) is 16.0. The number of carbonyl (C=O) groups is 2. The van der Waals surface area contributed by atoms with Gasteiger partial charge in [0.05, 0.1) is 16.0 Å². The van der Waals surface area contributed by atoms with Gasteiger partial charge in [0.15, 0.2) is 0 Å². The van der Waals surface area contributed by atoms with Gasteiger partial charge in [0.1, 0.15) is 5.75 Å². The zero-order valence-corrected chi connectivity index (χ0v) is 12.7. The van der Waals surface area contributed by atoms with Crippen LogP contribution in [0.15, 0.2) is 65.6 Å². The molecule has 0 unspecified atom stereocenters. The smallest absolute Gasteiger partial charge is 0.272 e. The predicted octanol–water partition coefficient (Wildman–Crippen LogP) is 3.85. The van der Waals surface area contributed by atoms with E-state index >= 15 is 0 Å². The van der Waals surface area contributed by atoms with Crippen LogP contribution in [0.4, 0.5) is 0 Å². The molecule has 4 nitrogen and oxygen atoms in total. The lowest BCUT2D eigenvalue weighted by atomic mass is 10.1. The number of hydrogen-bond acceptors (Lipinski definition) is 4. The molecule has 0 spiro atoms. The Morgan fingerprint density at radius 3 is 1.91 bits per heavy atom. The third-order valence-corrected chi connectivity index (χ3v) is 4.81. The van der Waals surface area contributed by atoms with E-state index in [4.69, 9.17) is 0 Å². The molecule has 0 aromatic heterocycles. The summed E-state index contributed by atoms with van der Waals surface area (Å²) < 4.78 is 1.09. The van der Waals surface area contributed by atoms with Crippen LogP contribution in [-0.2, 0) is 0 Å². The highest BCUT2D eigenvalue weighted by Crippen LogP contribution is 2.38. The second-order valence-electron chi connectivity index (χ2n) is 5.21. The molecule has 0 fully saturated rings. The monoisotopic (exact) mass is 321 g/mol. The van der Waals surface area contributed by atoms with Crippen LogP contribution in [0.25, 0.3) is 10.8 Å². The van der Waals surface area contributed by atoms with Crippen LogP contribution in [-0.4, -0.2) is 21.2 Å². The molecule has 4 rings (SSSR count). The van der Waals surface area contributed by atoms with Crippen LogP contribution >= 0.6 is 11.9 Å². The summed E-state index contributed by atoms with van der Waals surface area (Å²) in [5.74, 6) is -0.670. The van der Waals surface area contributed by atoms with Gasteiger partial charge in [-0.2, -0.15) is 0 Å². The zero-order valence-electron chi connectivity index (χ0n) is 11.9. The van der Waals surface area contributed by atoms with Crippen LogP contribution < -0.4 is 0 Å². The van der Waals surface area contributed by atoms with Gasteiger partial charge in [-0.05, 0) is 35.0 Å². The molecule has 1 aliphatic rings. The normalized spacial score (nSPS) is 13.7. The number of amides is 2. The maximum atomic E-state index is 12.4. The first-order valence-electron chi connectivity index (χ1n) is 7.03. The molecule has 0 atom stereocenters. The summed E-state index contributed by atoms with van der Waals surface area (Å²) in [6.07, 6.45) is 0. The highest BCUT2D eigenvalue weighted by atomic mass is 32.2. The maximum Gasteiger partial charge on any atom is 0.272 e. The highest BCUT2D eigenvalue weighted by molar-refractivity contribution is 7.98. The van der Waals surface area contributed by atoms with E-state index < -0.39 is 0 Å². The van der Waals surface area contributed by atoms with Gasteiger partial charge in [-0.1, -0.05) is 36.4 Å². The van der Waals surface area contributed by atoms with E-state index in [1.165, 1.54) is 0 Å². The SMILES string of the molecule is O=C1c2ccccc2C(=O)N1Sc1cc2ccccc2cc1O. The highest BCUT2D eigenvalue weighted by Gasteiger charge is 2.36. The topological polar surface area (TPSA) is 57.6 Å². The number of nitrogens with zero attached hydrogens (tertiary/aromatic N) is 1. The Labute approximate surface area is 136 Å². The molecule has 23 heavy (non-hydrogen) atoms. The van der Waals surface area contributed by atoms with E-state index in [0.29, 0.717) is 16.0 Å². The first kappa shape index (κ1) is 13.8. The Hall–Kier alpha value is -2.79. The molecule has 3 aromatic carbocycles. The molecule has 0 radical (unpaired) electrons. The lowest BCUT2D eigenvalue weighted by Gasteiger charge is -2.13. The molecule has 3 aromatic rings. The van der Waals surface area contributed by atoms with Crippen LogP contribution in [0.1, 0.15) is 20.7 Å². The van der Waals surface area contributed by atoms with E-state index in [-0.39, 0.29) is 17.6 Å². The lowest BCUT2D eigenvalue weighted by molar-refractivity contribution is 0.0777. The van der Waals surface area contributed by atoms with Crippen LogP contribution in [0.3, 0.4) is 0 Å². The Morgan fingerprint density at radius 2 is 1.30 bits per heavy atom. The minimum Gasteiger partial charge on any atom is -0.507 e. The molecule has 1 heterocycles. The van der Waals surface area contributed by atoms with Crippen molar-refractivity contribution in [3.63, 3.8) is 0 Å². The van der Waals surface area contributed by atoms with Gasteiger partial charge in [0.25, 0.3) is 11.8 Å². The second-order valence-corrected chi connectivity index (χ2v) is 6.20. The van der Waals surface area contributed by atoms with Crippen molar-refractivity contribution < 1.29 is 14.7 Å². The predicted molar refractivity (Wildman–Crippen MR) is 88.4 cm³/mol. The molecule has 0 saturated carbocycles. The second kappa shape index (κ2) is 5.14. The number of phenols is 1. The van der Waals surface area contributed by atoms with Gasteiger partial charge in [-0.3, -0.25) is 9.59 Å². The molecule has 1 N–H and O–H groups in total. The maximum absolute atomic E-state index is 12.4. The standard InChI is InChI=1S/C18H11NO3S/c20-15-9-11-5-1-2-6-12(11)10-16(15)23-19-17(21)13-7-3-4-8-14(13)18(19)22/h1-10,20H. The molecule has 0 aliphatic carbocycles. The van der Waals surface area contributed by atoms with Gasteiger partial charge in [0.2, 0.25) is 0 Å². The number of rotatable bonds is 2. The molecule has 0 saturated heterocycles. The summed E-state index contributed by atoms with van der Waals surface area (Å²) in [6.45, 7) is 0. The number of phenolic OH excluding ortho intramolecular Hbond substituents is 1. The van der Waals surface area contributed by atoms with Crippen LogP contribution in [0, 0.1) is 0 Å². The Bertz CT molecular complexity index is 932. The lowest BCUT2D eigenvalue weighted by Crippen LogP contribution is -2.21. The van der Waals surface area contributed by atoms with Crippen molar-refractivity contribution in [3.8, 4) is 5.75 Å². The van der Waals surface area contributed by atoms with Crippen molar-refractivity contribution in [3.05, 3.63) is 71.8 Å². The van der Waals surface area contributed by atoms with Crippen molar-refractivity contribution >= 4 is 34.5 Å². The first-order chi connectivity index (χ1) is 11.1. The van der Waals surface area contributed by atoms with Gasteiger partial charge in [0, 0.05) is 11.9 Å². The fourth-order valence-corrected chi connectivity index (χ4v) is 3.52. The number of benzene rings is 3. The van der Waals surface area contributed by atoms with Crippen molar-refractivity contribution in [1.82, 2.24) is 4.31 Å². The largest absolute Gasteiger partial charge is 0.507 e. The Kier molecular flexibility index (Phi) is 3.09. The number of hydrogen-bond donors (Lipinski definition) is 1. The van der Waals surface area contributed by atoms with E-state index in [2.05, 4.69) is 0 Å². The fourth-order valence-electron chi connectivity index (χ4n) is 2.63. The first-order valence-corrected chi connectivity index (χ1v) is 7.80. The molecule has 5 heteroatoms. The fraction of sp³-hybridized carbons (Fsp3) is 0. The van der Waals surface area contributed by atoms with E-state index in [1.54, 1.807) is 36.4 Å². The Morgan fingerprint density at radius 1 is 0.783 bits per heavy atom. The van der Waals surface area contributed by atoms with Crippen molar-refractivity contribution in [2.75, 3.05) is 0 Å². The molecule has 1 aliphatic heterocycles. The van der Waals surface area contributed by atoms with E-state index in [9.17, 15) is 14.7 Å². The van der Waals surface area contributed by atoms with Gasteiger partial charge >= 0.3 is 0 Å². The van der Waals surface area contributed by atoms with Crippen molar-refractivity contribution in [2.24, 2.45) is 0 Å². The van der Waals surface area contributed by atoms with Crippen molar-refractivity contribution in [1.29, 1.82) is 0 Å². The van der Waals surface area contributed by atoms with Gasteiger partial charge in [-0.15, -0.1) is 0 Å². The average molecular weight is 321 g/mol. The quantitative estimate of drug-likeness (QED) is 0.575. The molecule has 112 valence electrons. The summed E-state index contributed by atoms with van der Waals surface area (Å²) in [5.41, 5.74) is 0.788. The number of carbonyl (C=O) groups excluding carboxylic acids is 2. The number of fused-ring (bicyclic) bond motifs is 2. The number of imide groups is 1. The van der Waals surface area contributed by atoms with Gasteiger partial charge in [-0.25, -0.2) is 4.31 Å². The van der Waals surface area contributed by atoms with Gasteiger partial charge < -0.3 is 5.11 Å². The minimum absolute atomic E-state index is 0.0465. The molecule has 2 amide bonds. The summed E-state index contributed by atoms with van der Waals surface area (Å²) in [4.78, 5) is 25.2. The number of aromatic hydroxyl groups is 1. The van der Waals surface area contributed by atoms with Crippen molar-refractivity contribution in [2.45, 2.75) is 4.90 Å².